The summed E-state index contributed by atoms with van der Waals surface area (Å²) in [5.41, 5.74) is 0. The Balaban J connectivity index is 0. The molecule has 90 valence electrons. The normalized spacial score (nSPS) is 14.7. The largest absolute Gasteiger partial charge is 1.00 e. The first kappa shape index (κ1) is 16.8. The van der Waals surface area contributed by atoms with Crippen LogP contribution < -0.4 is 12.4 Å². The summed E-state index contributed by atoms with van der Waals surface area (Å²) in [5.74, 6) is -0.436. The van der Waals surface area contributed by atoms with Gasteiger partial charge in [-0.3, -0.25) is 4.48 Å². The molecule has 0 fully saturated rings. The van der Waals surface area contributed by atoms with Gasteiger partial charge < -0.3 is 22.3 Å². The van der Waals surface area contributed by atoms with Gasteiger partial charge in [-0.1, -0.05) is 6.58 Å². The van der Waals surface area contributed by atoms with Gasteiger partial charge in [-0.25, -0.2) is 4.79 Å². The van der Waals surface area contributed by atoms with Gasteiger partial charge in [0.1, 0.15) is 12.6 Å². The quantitative estimate of drug-likeness (QED) is 0.249. The van der Waals surface area contributed by atoms with Crippen LogP contribution in [0.2, 0.25) is 0 Å². The average molecular weight is 238 g/mol. The highest BCUT2D eigenvalue weighted by atomic mass is 35.5. The first-order valence-corrected chi connectivity index (χ1v) is 4.63. The van der Waals surface area contributed by atoms with Gasteiger partial charge in [-0.15, -0.1) is 0 Å². The summed E-state index contributed by atoms with van der Waals surface area (Å²) in [6.07, 6.45) is 0.420. The van der Waals surface area contributed by atoms with Crippen molar-refractivity contribution in [3.63, 3.8) is 0 Å². The second-order valence-corrected chi connectivity index (χ2v) is 4.05. The molecule has 0 aliphatic carbocycles. The highest BCUT2D eigenvalue weighted by Crippen LogP contribution is 2.09. The van der Waals surface area contributed by atoms with Crippen LogP contribution in [-0.2, 0) is 9.53 Å². The average Bonchev–Trinajstić information content (AvgIpc) is 2.01. The van der Waals surface area contributed by atoms with Crippen LogP contribution in [0, 0.1) is 0 Å². The SMILES string of the molecule is C=CC(=O)OC(C)[N+](C)(C)CC(C)O.[Cl-]. The van der Waals surface area contributed by atoms with E-state index in [4.69, 9.17) is 4.74 Å². The minimum Gasteiger partial charge on any atom is -1.00 e. The zero-order valence-corrected chi connectivity index (χ0v) is 10.5. The second-order valence-electron chi connectivity index (χ2n) is 4.05. The van der Waals surface area contributed by atoms with Gasteiger partial charge >= 0.3 is 5.97 Å². The molecule has 0 spiro atoms. The van der Waals surface area contributed by atoms with Gasteiger partial charge in [0.05, 0.1) is 14.1 Å². The summed E-state index contributed by atoms with van der Waals surface area (Å²) in [7, 11) is 3.79. The van der Waals surface area contributed by atoms with Gasteiger partial charge in [0, 0.05) is 13.0 Å². The Kier molecular flexibility index (Phi) is 7.66. The number of carbonyl (C=O) groups excluding carboxylic acids is 1. The van der Waals surface area contributed by atoms with Crippen molar-refractivity contribution in [2.24, 2.45) is 0 Å². The van der Waals surface area contributed by atoms with Crippen molar-refractivity contribution >= 4 is 5.97 Å². The van der Waals surface area contributed by atoms with E-state index in [1.165, 1.54) is 0 Å². The molecule has 4 nitrogen and oxygen atoms in total. The van der Waals surface area contributed by atoms with E-state index in [1.807, 2.05) is 14.1 Å². The van der Waals surface area contributed by atoms with Crippen molar-refractivity contribution in [2.45, 2.75) is 26.2 Å². The Labute approximate surface area is 97.5 Å². The lowest BCUT2D eigenvalue weighted by atomic mass is 10.3. The molecule has 0 aromatic rings. The number of rotatable bonds is 5. The number of nitrogens with zero attached hydrogens (tertiary/aromatic N) is 1. The number of halogens is 1. The van der Waals surface area contributed by atoms with Crippen LogP contribution in [0.25, 0.3) is 0 Å². The molecular weight excluding hydrogens is 218 g/mol. The first-order chi connectivity index (χ1) is 6.29. The number of hydrogen-bond donors (Lipinski definition) is 1. The number of esters is 1. The minimum absolute atomic E-state index is 0. The Morgan fingerprint density at radius 1 is 1.53 bits per heavy atom. The molecule has 0 saturated carbocycles. The van der Waals surface area contributed by atoms with Crippen LogP contribution >= 0.6 is 0 Å². The Morgan fingerprint density at radius 3 is 2.33 bits per heavy atom. The smallest absolute Gasteiger partial charge is 0.334 e. The molecule has 0 amide bonds. The third-order valence-corrected chi connectivity index (χ3v) is 2.17. The molecule has 0 saturated heterocycles. The van der Waals surface area contributed by atoms with Gasteiger partial charge in [0.25, 0.3) is 0 Å². The Morgan fingerprint density at radius 2 is 2.00 bits per heavy atom. The Hall–Kier alpha value is -0.580. The number of hydrogen-bond acceptors (Lipinski definition) is 3. The van der Waals surface area contributed by atoms with Gasteiger partial charge in [0.15, 0.2) is 0 Å². The second kappa shape index (κ2) is 6.82. The lowest BCUT2D eigenvalue weighted by Gasteiger charge is -2.35. The lowest BCUT2D eigenvalue weighted by molar-refractivity contribution is -0.935. The monoisotopic (exact) mass is 237 g/mol. The zero-order valence-electron chi connectivity index (χ0n) is 9.74. The van der Waals surface area contributed by atoms with Crippen LogP contribution in [0.1, 0.15) is 13.8 Å². The van der Waals surface area contributed by atoms with E-state index in [2.05, 4.69) is 6.58 Å². The van der Waals surface area contributed by atoms with Crippen molar-refractivity contribution < 1.29 is 31.5 Å². The molecule has 0 radical (unpaired) electrons. The predicted octanol–water partition coefficient (Wildman–Crippen LogP) is -2.48. The van der Waals surface area contributed by atoms with E-state index in [-0.39, 0.29) is 18.6 Å². The molecule has 0 aromatic carbocycles. The van der Waals surface area contributed by atoms with E-state index in [0.29, 0.717) is 11.0 Å². The Bertz CT molecular complexity index is 217. The summed E-state index contributed by atoms with van der Waals surface area (Å²) >= 11 is 0. The van der Waals surface area contributed by atoms with Gasteiger partial charge in [-0.05, 0) is 6.92 Å². The summed E-state index contributed by atoms with van der Waals surface area (Å²) in [5, 5.41) is 9.25. The van der Waals surface area contributed by atoms with E-state index < -0.39 is 12.1 Å². The molecule has 1 N–H and O–H groups in total. The topological polar surface area (TPSA) is 46.5 Å². The van der Waals surface area contributed by atoms with Crippen molar-refractivity contribution in [1.82, 2.24) is 0 Å². The van der Waals surface area contributed by atoms with Crippen LogP contribution in [0.4, 0.5) is 0 Å². The van der Waals surface area contributed by atoms with Crippen LogP contribution in [0.15, 0.2) is 12.7 Å². The molecule has 2 unspecified atom stereocenters. The van der Waals surface area contributed by atoms with Crippen LogP contribution in [0.5, 0.6) is 0 Å². The number of aliphatic hydroxyl groups excluding tert-OH is 1. The van der Waals surface area contributed by atoms with Crippen LogP contribution in [0.3, 0.4) is 0 Å². The third kappa shape index (κ3) is 6.49. The highest BCUT2D eigenvalue weighted by molar-refractivity contribution is 5.81. The molecule has 5 heteroatoms. The maximum atomic E-state index is 10.9. The number of carbonyl (C=O) groups is 1. The molecule has 0 aliphatic heterocycles. The maximum Gasteiger partial charge on any atom is 0.334 e. The number of quaternary nitrogens is 1. The lowest BCUT2D eigenvalue weighted by Crippen LogP contribution is -3.00. The molecule has 0 bridgehead atoms. The third-order valence-electron chi connectivity index (χ3n) is 2.17. The fraction of sp³-hybridized carbons (Fsp3) is 0.700. The predicted molar refractivity (Wildman–Crippen MR) is 54.4 cm³/mol. The summed E-state index contributed by atoms with van der Waals surface area (Å²) < 4.78 is 5.50. The minimum atomic E-state index is -0.436. The van der Waals surface area contributed by atoms with E-state index in [9.17, 15) is 9.90 Å². The maximum absolute atomic E-state index is 10.9. The van der Waals surface area contributed by atoms with E-state index in [0.717, 1.165) is 6.08 Å². The number of likely N-dealkylation sites (N-methyl/N-ethyl adjacent to an activating group) is 1. The highest BCUT2D eigenvalue weighted by Gasteiger charge is 2.28. The van der Waals surface area contributed by atoms with Crippen molar-refractivity contribution in [3.8, 4) is 0 Å². The molecular formula is C10H20ClNO3. The van der Waals surface area contributed by atoms with Crippen molar-refractivity contribution in [1.29, 1.82) is 0 Å². The van der Waals surface area contributed by atoms with Crippen molar-refractivity contribution in [3.05, 3.63) is 12.7 Å². The standard InChI is InChI=1S/C10H20NO3.ClH/c1-6-10(13)14-9(3)11(4,5)7-8(2)12;/h6,8-9,12H,1,7H2,2-5H3;1H/q+1;/p-1. The van der Waals surface area contributed by atoms with Crippen LogP contribution in [-0.4, -0.2) is 48.5 Å². The molecule has 0 rings (SSSR count). The number of aliphatic hydroxyl groups is 1. The fourth-order valence-corrected chi connectivity index (χ4v) is 1.19. The molecule has 0 heterocycles. The summed E-state index contributed by atoms with van der Waals surface area (Å²) in [6.45, 7) is 7.36. The molecule has 15 heavy (non-hydrogen) atoms. The number of ether oxygens (including phenoxy) is 1. The van der Waals surface area contributed by atoms with Gasteiger partial charge in [0.2, 0.25) is 6.23 Å². The fourth-order valence-electron chi connectivity index (χ4n) is 1.19. The van der Waals surface area contributed by atoms with Gasteiger partial charge in [-0.2, -0.15) is 0 Å². The van der Waals surface area contributed by atoms with E-state index in [1.54, 1.807) is 13.8 Å². The molecule has 0 aromatic heterocycles. The molecule has 0 aliphatic rings. The van der Waals surface area contributed by atoms with E-state index >= 15 is 0 Å². The zero-order chi connectivity index (χ0) is 11.4. The first-order valence-electron chi connectivity index (χ1n) is 4.63. The van der Waals surface area contributed by atoms with Crippen molar-refractivity contribution in [2.75, 3.05) is 20.6 Å². The molecule has 2 atom stereocenters. The summed E-state index contributed by atoms with van der Waals surface area (Å²) in [4.78, 5) is 10.9. The summed E-state index contributed by atoms with van der Waals surface area (Å²) in [6, 6.07) is 0.